The summed E-state index contributed by atoms with van der Waals surface area (Å²) in [7, 11) is 1.94. The van der Waals surface area contributed by atoms with Crippen LogP contribution in [0, 0.1) is 6.92 Å². The Kier molecular flexibility index (Phi) is 4.10. The molecule has 14 heavy (non-hydrogen) atoms. The maximum atomic E-state index is 10.3. The summed E-state index contributed by atoms with van der Waals surface area (Å²) in [4.78, 5) is 14.9. The minimum Gasteiger partial charge on any atom is -0.481 e. The van der Waals surface area contributed by atoms with E-state index in [1.807, 2.05) is 11.9 Å². The molecule has 0 amide bonds. The van der Waals surface area contributed by atoms with Gasteiger partial charge in [0.1, 0.15) is 0 Å². The number of rotatable bonds is 5. The zero-order chi connectivity index (χ0) is 10.6. The van der Waals surface area contributed by atoms with Crippen molar-refractivity contribution in [1.82, 2.24) is 4.90 Å². The molecule has 4 heteroatoms. The maximum absolute atomic E-state index is 10.3. The summed E-state index contributed by atoms with van der Waals surface area (Å²) in [5.74, 6) is -0.737. The average Bonchev–Trinajstić information content (AvgIpc) is 2.48. The number of hydrogen-bond donors (Lipinski definition) is 1. The molecule has 0 unspecified atom stereocenters. The standard InChI is InChI=1S/C10H15NO2S/c1-8-3-4-9(14-8)7-11(2)6-5-10(12)13/h3-4H,5-7H2,1-2H3,(H,12,13). The zero-order valence-corrected chi connectivity index (χ0v) is 9.30. The fourth-order valence-corrected chi connectivity index (χ4v) is 2.17. The van der Waals surface area contributed by atoms with Crippen molar-refractivity contribution in [3.8, 4) is 0 Å². The van der Waals surface area contributed by atoms with Gasteiger partial charge in [-0.05, 0) is 26.1 Å². The first-order valence-corrected chi connectivity index (χ1v) is 5.35. The van der Waals surface area contributed by atoms with Crippen LogP contribution in [0.2, 0.25) is 0 Å². The second-order valence-corrected chi connectivity index (χ2v) is 4.77. The van der Waals surface area contributed by atoms with Crippen LogP contribution in [0.4, 0.5) is 0 Å². The van der Waals surface area contributed by atoms with Crippen LogP contribution >= 0.6 is 11.3 Å². The van der Waals surface area contributed by atoms with Crippen molar-refractivity contribution in [1.29, 1.82) is 0 Å². The van der Waals surface area contributed by atoms with Crippen molar-refractivity contribution in [2.24, 2.45) is 0 Å². The van der Waals surface area contributed by atoms with E-state index in [9.17, 15) is 4.79 Å². The van der Waals surface area contributed by atoms with E-state index in [2.05, 4.69) is 19.1 Å². The summed E-state index contributed by atoms with van der Waals surface area (Å²) in [6.07, 6.45) is 0.209. The third-order valence-corrected chi connectivity index (χ3v) is 2.91. The highest BCUT2D eigenvalue weighted by atomic mass is 32.1. The number of carbonyl (C=O) groups is 1. The molecule has 0 aromatic carbocycles. The van der Waals surface area contributed by atoms with E-state index in [0.717, 1.165) is 6.54 Å². The average molecular weight is 213 g/mol. The van der Waals surface area contributed by atoms with Crippen LogP contribution in [0.15, 0.2) is 12.1 Å². The Morgan fingerprint density at radius 1 is 1.57 bits per heavy atom. The molecule has 0 aliphatic carbocycles. The third kappa shape index (κ3) is 3.89. The summed E-state index contributed by atoms with van der Waals surface area (Å²) in [6, 6.07) is 4.18. The van der Waals surface area contributed by atoms with Gasteiger partial charge in [-0.2, -0.15) is 0 Å². The molecule has 0 saturated carbocycles. The fraction of sp³-hybridized carbons (Fsp3) is 0.500. The van der Waals surface area contributed by atoms with Crippen molar-refractivity contribution in [2.45, 2.75) is 19.9 Å². The molecule has 1 N–H and O–H groups in total. The van der Waals surface area contributed by atoms with Gasteiger partial charge in [-0.25, -0.2) is 0 Å². The van der Waals surface area contributed by atoms with Crippen LogP contribution in [-0.4, -0.2) is 29.6 Å². The molecule has 78 valence electrons. The molecular weight excluding hydrogens is 198 g/mol. The number of aryl methyl sites for hydroxylation is 1. The van der Waals surface area contributed by atoms with Crippen LogP contribution in [0.5, 0.6) is 0 Å². The molecule has 1 rings (SSSR count). The molecule has 0 radical (unpaired) electrons. The van der Waals surface area contributed by atoms with Crippen molar-refractivity contribution < 1.29 is 9.90 Å². The molecule has 3 nitrogen and oxygen atoms in total. The quantitative estimate of drug-likeness (QED) is 0.813. The number of thiophene rings is 1. The van der Waals surface area contributed by atoms with Gasteiger partial charge in [0.15, 0.2) is 0 Å². The minimum absolute atomic E-state index is 0.209. The molecule has 1 heterocycles. The lowest BCUT2D eigenvalue weighted by Gasteiger charge is -2.13. The SMILES string of the molecule is Cc1ccc(CN(C)CCC(=O)O)s1. The zero-order valence-electron chi connectivity index (χ0n) is 8.49. The summed E-state index contributed by atoms with van der Waals surface area (Å²) in [5, 5.41) is 8.51. The first kappa shape index (κ1) is 11.2. The van der Waals surface area contributed by atoms with E-state index in [0.29, 0.717) is 6.54 Å². The highest BCUT2D eigenvalue weighted by molar-refractivity contribution is 7.11. The molecule has 0 spiro atoms. The van der Waals surface area contributed by atoms with E-state index in [1.165, 1.54) is 9.75 Å². The number of nitrogens with zero attached hydrogens (tertiary/aromatic N) is 1. The predicted octanol–water partition coefficient (Wildman–Crippen LogP) is 1.96. The lowest BCUT2D eigenvalue weighted by atomic mass is 10.3. The lowest BCUT2D eigenvalue weighted by molar-refractivity contribution is -0.137. The second-order valence-electron chi connectivity index (χ2n) is 3.39. The highest BCUT2D eigenvalue weighted by Crippen LogP contribution is 2.16. The Labute approximate surface area is 88.0 Å². The van der Waals surface area contributed by atoms with Gasteiger partial charge in [-0.3, -0.25) is 4.79 Å². The molecule has 0 atom stereocenters. The number of carboxylic acids is 1. The molecule has 1 aromatic heterocycles. The van der Waals surface area contributed by atoms with E-state index < -0.39 is 5.97 Å². The summed E-state index contributed by atoms with van der Waals surface area (Å²) < 4.78 is 0. The van der Waals surface area contributed by atoms with E-state index in [1.54, 1.807) is 11.3 Å². The highest BCUT2D eigenvalue weighted by Gasteiger charge is 2.04. The van der Waals surface area contributed by atoms with Crippen molar-refractivity contribution in [2.75, 3.05) is 13.6 Å². The summed E-state index contributed by atoms with van der Waals surface area (Å²) >= 11 is 1.76. The van der Waals surface area contributed by atoms with Crippen molar-refractivity contribution in [3.05, 3.63) is 21.9 Å². The van der Waals surface area contributed by atoms with Crippen LogP contribution < -0.4 is 0 Å². The topological polar surface area (TPSA) is 40.5 Å². The third-order valence-electron chi connectivity index (χ3n) is 1.93. The normalized spacial score (nSPS) is 10.8. The summed E-state index contributed by atoms with van der Waals surface area (Å²) in [6.45, 7) is 3.52. The van der Waals surface area contributed by atoms with Gasteiger partial charge in [-0.15, -0.1) is 11.3 Å². The Morgan fingerprint density at radius 2 is 2.29 bits per heavy atom. The Bertz CT molecular complexity index is 309. The molecule has 0 aliphatic rings. The van der Waals surface area contributed by atoms with Gasteiger partial charge in [0, 0.05) is 22.8 Å². The predicted molar refractivity (Wildman–Crippen MR) is 57.6 cm³/mol. The van der Waals surface area contributed by atoms with Crippen LogP contribution in [0.3, 0.4) is 0 Å². The van der Waals surface area contributed by atoms with E-state index >= 15 is 0 Å². The number of carboxylic acid groups (broad SMARTS) is 1. The Balaban J connectivity index is 2.33. The molecule has 0 saturated heterocycles. The minimum atomic E-state index is -0.737. The molecule has 0 aliphatic heterocycles. The molecular formula is C10H15NO2S. The largest absolute Gasteiger partial charge is 0.481 e. The van der Waals surface area contributed by atoms with Crippen LogP contribution in [-0.2, 0) is 11.3 Å². The fourth-order valence-electron chi connectivity index (χ4n) is 1.20. The van der Waals surface area contributed by atoms with Gasteiger partial charge in [0.25, 0.3) is 0 Å². The smallest absolute Gasteiger partial charge is 0.304 e. The molecule has 0 bridgehead atoms. The number of aliphatic carboxylic acids is 1. The van der Waals surface area contributed by atoms with E-state index in [4.69, 9.17) is 5.11 Å². The van der Waals surface area contributed by atoms with Crippen molar-refractivity contribution >= 4 is 17.3 Å². The van der Waals surface area contributed by atoms with Gasteiger partial charge in [0.05, 0.1) is 6.42 Å². The summed E-state index contributed by atoms with van der Waals surface area (Å²) in [5.41, 5.74) is 0. The van der Waals surface area contributed by atoms with Crippen LogP contribution in [0.25, 0.3) is 0 Å². The van der Waals surface area contributed by atoms with Gasteiger partial charge >= 0.3 is 5.97 Å². The maximum Gasteiger partial charge on any atom is 0.304 e. The van der Waals surface area contributed by atoms with Gasteiger partial charge in [-0.1, -0.05) is 0 Å². The molecule has 1 aromatic rings. The number of hydrogen-bond acceptors (Lipinski definition) is 3. The molecule has 0 fully saturated rings. The Morgan fingerprint density at radius 3 is 2.79 bits per heavy atom. The lowest BCUT2D eigenvalue weighted by Crippen LogP contribution is -2.20. The first-order valence-electron chi connectivity index (χ1n) is 4.53. The first-order chi connectivity index (χ1) is 6.58. The monoisotopic (exact) mass is 213 g/mol. The second kappa shape index (κ2) is 5.12. The van der Waals surface area contributed by atoms with Crippen molar-refractivity contribution in [3.63, 3.8) is 0 Å². The van der Waals surface area contributed by atoms with Gasteiger partial charge in [0.2, 0.25) is 0 Å². The van der Waals surface area contributed by atoms with Gasteiger partial charge < -0.3 is 10.0 Å². The Hall–Kier alpha value is -0.870. The van der Waals surface area contributed by atoms with Crippen LogP contribution in [0.1, 0.15) is 16.2 Å². The van der Waals surface area contributed by atoms with E-state index in [-0.39, 0.29) is 6.42 Å².